The van der Waals surface area contributed by atoms with Gasteiger partial charge >= 0.3 is 26.2 Å². The molecule has 0 spiro atoms. The Kier molecular flexibility index (Phi) is 9.49. The summed E-state index contributed by atoms with van der Waals surface area (Å²) in [5, 5.41) is 1.69. The fourth-order valence-corrected chi connectivity index (χ4v) is 5.58. The Hall–Kier alpha value is -0.400. The van der Waals surface area contributed by atoms with E-state index in [4.69, 9.17) is 0 Å². The van der Waals surface area contributed by atoms with Gasteiger partial charge in [0.05, 0.1) is 8.80 Å². The molecular weight excluding hydrogens is 466 g/mol. The van der Waals surface area contributed by atoms with Crippen LogP contribution in [0, 0.1) is 6.08 Å². The molecule has 138 valence electrons. The Bertz CT molecular complexity index is 809. The number of rotatable bonds is 4. The summed E-state index contributed by atoms with van der Waals surface area (Å²) < 4.78 is 0. The number of allylic oxidation sites excluding steroid dienone is 4. The van der Waals surface area contributed by atoms with Crippen LogP contribution in [0.4, 0.5) is 0 Å². The van der Waals surface area contributed by atoms with Gasteiger partial charge in [0.15, 0.2) is 0 Å². The summed E-state index contributed by atoms with van der Waals surface area (Å²) in [6.07, 6.45) is 7.17. The first-order valence-corrected chi connectivity index (χ1v) is 11.5. The van der Waals surface area contributed by atoms with Crippen molar-refractivity contribution in [3.8, 4) is 11.1 Å². The van der Waals surface area contributed by atoms with Gasteiger partial charge in [0.1, 0.15) is 0 Å². The van der Waals surface area contributed by atoms with Crippen LogP contribution in [0.5, 0.6) is 0 Å². The molecule has 27 heavy (non-hydrogen) atoms. The Morgan fingerprint density at radius 2 is 1.44 bits per heavy atom. The molecule has 0 N–H and O–H groups in total. The second kappa shape index (κ2) is 10.4. The zero-order valence-corrected chi connectivity index (χ0v) is 21.0. The van der Waals surface area contributed by atoms with Gasteiger partial charge in [0.25, 0.3) is 0 Å². The molecule has 0 heterocycles. The molecule has 0 amide bonds. The number of benzene rings is 2. The van der Waals surface area contributed by atoms with Crippen LogP contribution in [0.25, 0.3) is 11.1 Å². The molecule has 2 aromatic carbocycles. The van der Waals surface area contributed by atoms with Crippen LogP contribution in [-0.4, -0.2) is 8.80 Å². The fourth-order valence-electron chi connectivity index (χ4n) is 4.30. The molecule has 0 bridgehead atoms. The summed E-state index contributed by atoms with van der Waals surface area (Å²) in [7, 11) is -0.455. The molecule has 4 rings (SSSR count). The minimum atomic E-state index is -0.455. The standard InChI is InChI=1S/C23H24Si.2ClH.Zr/c1-4-9-16-14-15-21(24(2)3)22(16)23-19-12-7-5-10-17(19)18-11-6-8-13-20(18)23;;;/h5-8,10-13,23H,4,9,15H2,1-3H3;2*1H;/q-1;;;+3/p-2. The third-order valence-corrected chi connectivity index (χ3v) is 7.01. The molecule has 2 aliphatic rings. The molecule has 0 atom stereocenters. The van der Waals surface area contributed by atoms with E-state index in [1.165, 1.54) is 34.2 Å². The third kappa shape index (κ3) is 4.30. The van der Waals surface area contributed by atoms with Crippen molar-refractivity contribution in [1.29, 1.82) is 0 Å². The van der Waals surface area contributed by atoms with Crippen LogP contribution in [-0.2, 0) is 26.2 Å². The zero-order valence-electron chi connectivity index (χ0n) is 16.1. The van der Waals surface area contributed by atoms with E-state index in [1.54, 1.807) is 10.8 Å². The summed E-state index contributed by atoms with van der Waals surface area (Å²) in [6, 6.07) is 18.0. The average molecular weight is 491 g/mol. The maximum absolute atomic E-state index is 3.75. The van der Waals surface area contributed by atoms with E-state index >= 15 is 0 Å². The Labute approximate surface area is 197 Å². The molecule has 4 heteroatoms. The van der Waals surface area contributed by atoms with Gasteiger partial charge < -0.3 is 24.8 Å². The topological polar surface area (TPSA) is 0 Å². The monoisotopic (exact) mass is 488 g/mol. The van der Waals surface area contributed by atoms with Crippen LogP contribution in [0.1, 0.15) is 43.2 Å². The molecule has 0 saturated heterocycles. The summed E-state index contributed by atoms with van der Waals surface area (Å²) in [5.41, 5.74) is 8.95. The van der Waals surface area contributed by atoms with Gasteiger partial charge in [-0.05, 0) is 28.2 Å². The average Bonchev–Trinajstić information content (AvgIpc) is 3.14. The van der Waals surface area contributed by atoms with Crippen molar-refractivity contribution in [3.63, 3.8) is 0 Å². The first-order chi connectivity index (χ1) is 11.7. The van der Waals surface area contributed by atoms with Crippen molar-refractivity contribution in [2.75, 3.05) is 0 Å². The largest absolute Gasteiger partial charge is 3.00 e. The normalized spacial score (nSPS) is 14.7. The molecule has 2 aromatic rings. The smallest absolute Gasteiger partial charge is 1.00 e. The number of hydrogen-bond acceptors (Lipinski definition) is 0. The first kappa shape index (κ1) is 24.6. The Balaban J connectivity index is 0.00000121. The van der Waals surface area contributed by atoms with E-state index in [0.29, 0.717) is 5.92 Å². The molecule has 2 aliphatic carbocycles. The van der Waals surface area contributed by atoms with E-state index in [0.717, 1.165) is 12.8 Å². The van der Waals surface area contributed by atoms with Gasteiger partial charge in [0, 0.05) is 0 Å². The Morgan fingerprint density at radius 3 is 1.93 bits per heavy atom. The molecule has 2 radical (unpaired) electrons. The van der Waals surface area contributed by atoms with Gasteiger partial charge in [0.2, 0.25) is 0 Å². The summed E-state index contributed by atoms with van der Waals surface area (Å²) in [5.74, 6) is 0.420. The molecular formula is C23H24Cl2SiZr. The van der Waals surface area contributed by atoms with Crippen molar-refractivity contribution in [2.45, 2.75) is 45.2 Å². The van der Waals surface area contributed by atoms with Crippen molar-refractivity contribution >= 4 is 8.80 Å². The Morgan fingerprint density at radius 1 is 0.926 bits per heavy atom. The number of fused-ring (bicyclic) bond motifs is 3. The first-order valence-electron chi connectivity index (χ1n) is 9.04. The number of hydrogen-bond donors (Lipinski definition) is 0. The fraction of sp³-hybridized carbons (Fsp3) is 0.304. The molecule has 0 unspecified atom stereocenters. The van der Waals surface area contributed by atoms with E-state index < -0.39 is 8.80 Å². The second-order valence-electron chi connectivity index (χ2n) is 7.08. The van der Waals surface area contributed by atoms with Gasteiger partial charge in [-0.15, -0.1) is 6.42 Å². The van der Waals surface area contributed by atoms with Crippen molar-refractivity contribution in [3.05, 3.63) is 82.1 Å². The van der Waals surface area contributed by atoms with Gasteiger partial charge in [-0.25, -0.2) is 5.57 Å². The van der Waals surface area contributed by atoms with E-state index in [1.807, 2.05) is 0 Å². The predicted octanol–water partition coefficient (Wildman–Crippen LogP) is 0.328. The van der Waals surface area contributed by atoms with E-state index in [9.17, 15) is 0 Å². The third-order valence-electron chi connectivity index (χ3n) is 5.35. The molecule has 0 saturated carbocycles. The zero-order chi connectivity index (χ0) is 16.7. The van der Waals surface area contributed by atoms with Crippen LogP contribution >= 0.6 is 0 Å². The predicted molar refractivity (Wildman–Crippen MR) is 105 cm³/mol. The maximum atomic E-state index is 3.75. The maximum Gasteiger partial charge on any atom is 3.00 e. The van der Waals surface area contributed by atoms with Crippen LogP contribution in [0.3, 0.4) is 0 Å². The molecule has 0 fully saturated rings. The minimum Gasteiger partial charge on any atom is -1.00 e. The molecule has 0 nitrogen and oxygen atoms in total. The number of halogens is 2. The van der Waals surface area contributed by atoms with Crippen LogP contribution < -0.4 is 24.8 Å². The second-order valence-corrected chi connectivity index (χ2v) is 9.69. The van der Waals surface area contributed by atoms with Crippen LogP contribution in [0.15, 0.2) is 64.9 Å². The molecule has 0 aromatic heterocycles. The van der Waals surface area contributed by atoms with E-state index in [-0.39, 0.29) is 51.0 Å². The minimum absolute atomic E-state index is 0. The van der Waals surface area contributed by atoms with Crippen molar-refractivity contribution in [2.24, 2.45) is 0 Å². The SMILES string of the molecule is CCCC1=[C-]CC([Si](C)C)=C1C1c2ccccc2-c2ccccc21.[Cl-].[Cl-].[Zr+3]. The van der Waals surface area contributed by atoms with E-state index in [2.05, 4.69) is 74.6 Å². The van der Waals surface area contributed by atoms with Gasteiger partial charge in [-0.2, -0.15) is 10.8 Å². The summed E-state index contributed by atoms with van der Waals surface area (Å²) in [4.78, 5) is 0. The summed E-state index contributed by atoms with van der Waals surface area (Å²) >= 11 is 0. The van der Waals surface area contributed by atoms with Crippen molar-refractivity contribution < 1.29 is 51.0 Å². The van der Waals surface area contributed by atoms with Gasteiger partial charge in [-0.1, -0.05) is 81.4 Å². The van der Waals surface area contributed by atoms with Crippen LogP contribution in [0.2, 0.25) is 13.1 Å². The van der Waals surface area contributed by atoms with Crippen molar-refractivity contribution in [1.82, 2.24) is 0 Å². The summed E-state index contributed by atoms with van der Waals surface area (Å²) in [6.45, 7) is 7.15. The van der Waals surface area contributed by atoms with Gasteiger partial charge in [-0.3, -0.25) is 6.08 Å². The quantitative estimate of drug-likeness (QED) is 0.428. The molecule has 0 aliphatic heterocycles.